The lowest BCUT2D eigenvalue weighted by Crippen LogP contribution is -2.50. The van der Waals surface area contributed by atoms with Gasteiger partial charge in [0.1, 0.15) is 9.79 Å². The minimum Gasteiger partial charge on any atom is -0.451 e. The van der Waals surface area contributed by atoms with Gasteiger partial charge in [-0.1, -0.05) is 18.2 Å². The Bertz CT molecular complexity index is 1110. The second-order valence-electron chi connectivity index (χ2n) is 6.31. The van der Waals surface area contributed by atoms with Crippen LogP contribution < -0.4 is 0 Å². The van der Waals surface area contributed by atoms with Crippen LogP contribution in [-0.4, -0.2) is 49.7 Å². The Balaban J connectivity index is 1.50. The fourth-order valence-corrected chi connectivity index (χ4v) is 6.80. The number of halogens is 1. The van der Waals surface area contributed by atoms with Crippen LogP contribution in [0.5, 0.6) is 0 Å². The number of hydrogen-bond donors (Lipinski definition) is 0. The third-order valence-electron chi connectivity index (χ3n) is 4.71. The van der Waals surface area contributed by atoms with E-state index in [1.807, 2.05) is 31.2 Å². The molecule has 3 heterocycles. The molecular formula is C18H17BrN2O4S2. The molecule has 0 radical (unpaired) electrons. The molecule has 0 saturated carbocycles. The molecule has 3 aromatic rings. The minimum absolute atomic E-state index is 0.195. The average Bonchev–Trinajstić information content (AvgIpc) is 3.26. The molecule has 0 N–H and O–H groups in total. The van der Waals surface area contributed by atoms with Crippen LogP contribution >= 0.6 is 27.3 Å². The van der Waals surface area contributed by atoms with Gasteiger partial charge in [0, 0.05) is 37.1 Å². The molecule has 0 atom stereocenters. The largest absolute Gasteiger partial charge is 0.451 e. The van der Waals surface area contributed by atoms with Crippen molar-refractivity contribution in [3.63, 3.8) is 0 Å². The number of thiophene rings is 1. The molecule has 1 aromatic carbocycles. The molecular weight excluding hydrogens is 452 g/mol. The Hall–Kier alpha value is -1.68. The second kappa shape index (κ2) is 7.05. The summed E-state index contributed by atoms with van der Waals surface area (Å²) in [4.78, 5) is 14.5. The van der Waals surface area contributed by atoms with Crippen LogP contribution in [0, 0.1) is 6.92 Å². The van der Waals surface area contributed by atoms with E-state index in [1.54, 1.807) is 17.0 Å². The summed E-state index contributed by atoms with van der Waals surface area (Å²) >= 11 is 4.48. The van der Waals surface area contributed by atoms with E-state index in [4.69, 9.17) is 4.42 Å². The van der Waals surface area contributed by atoms with Crippen molar-refractivity contribution in [2.24, 2.45) is 0 Å². The molecule has 1 saturated heterocycles. The van der Waals surface area contributed by atoms with Gasteiger partial charge in [0.25, 0.3) is 15.9 Å². The number of benzene rings is 1. The first kappa shape index (κ1) is 18.7. The molecule has 0 aliphatic carbocycles. The van der Waals surface area contributed by atoms with Gasteiger partial charge < -0.3 is 9.32 Å². The number of hydrogen-bond acceptors (Lipinski definition) is 5. The number of sulfonamides is 1. The third kappa shape index (κ3) is 3.33. The fraction of sp³-hybridized carbons (Fsp3) is 0.278. The van der Waals surface area contributed by atoms with E-state index in [0.29, 0.717) is 28.6 Å². The molecule has 4 rings (SSSR count). The number of amides is 1. The van der Waals surface area contributed by atoms with E-state index in [-0.39, 0.29) is 19.0 Å². The maximum absolute atomic E-state index is 12.9. The van der Waals surface area contributed by atoms with Crippen molar-refractivity contribution in [1.29, 1.82) is 0 Å². The Kier molecular flexibility index (Phi) is 4.87. The predicted molar refractivity (Wildman–Crippen MR) is 108 cm³/mol. The number of furan rings is 1. The summed E-state index contributed by atoms with van der Waals surface area (Å²) in [7, 11) is -3.52. The number of carbonyl (C=O) groups is 1. The smallest absolute Gasteiger partial charge is 0.289 e. The van der Waals surface area contributed by atoms with Gasteiger partial charge in [-0.25, -0.2) is 8.42 Å². The minimum atomic E-state index is -3.52. The molecule has 2 aromatic heterocycles. The molecule has 1 aliphatic rings. The summed E-state index contributed by atoms with van der Waals surface area (Å²) in [5, 5.41) is 0.922. The van der Waals surface area contributed by atoms with Gasteiger partial charge >= 0.3 is 0 Å². The number of para-hydroxylation sites is 1. The number of carbonyl (C=O) groups excluding carboxylic acids is 1. The molecule has 9 heteroatoms. The van der Waals surface area contributed by atoms with Crippen molar-refractivity contribution < 1.29 is 17.6 Å². The van der Waals surface area contributed by atoms with Gasteiger partial charge in [0.2, 0.25) is 0 Å². The number of rotatable bonds is 3. The lowest BCUT2D eigenvalue weighted by molar-refractivity contribution is 0.0667. The van der Waals surface area contributed by atoms with E-state index in [9.17, 15) is 13.2 Å². The van der Waals surface area contributed by atoms with Crippen molar-refractivity contribution in [2.75, 3.05) is 26.2 Å². The highest BCUT2D eigenvalue weighted by Gasteiger charge is 2.32. The topological polar surface area (TPSA) is 70.8 Å². The van der Waals surface area contributed by atoms with Crippen molar-refractivity contribution in [3.8, 4) is 0 Å². The van der Waals surface area contributed by atoms with Crippen LogP contribution in [0.15, 0.2) is 48.8 Å². The standard InChI is InChI=1S/C18H17BrN2O4S2/c1-12-13-4-2-3-5-14(13)25-17(12)18(22)20-8-10-21(11-9-20)27(23,24)16-7-6-15(19)26-16/h2-7H,8-11H2,1H3. The Morgan fingerprint density at radius 3 is 2.44 bits per heavy atom. The number of piperazine rings is 1. The fourth-order valence-electron chi connectivity index (χ4n) is 3.22. The molecule has 1 aliphatic heterocycles. The molecule has 27 heavy (non-hydrogen) atoms. The molecule has 1 fully saturated rings. The van der Waals surface area contributed by atoms with Gasteiger partial charge in [-0.3, -0.25) is 4.79 Å². The maximum atomic E-state index is 12.9. The first-order valence-electron chi connectivity index (χ1n) is 8.41. The number of fused-ring (bicyclic) bond motifs is 1. The molecule has 142 valence electrons. The lowest BCUT2D eigenvalue weighted by atomic mass is 10.1. The van der Waals surface area contributed by atoms with E-state index in [2.05, 4.69) is 15.9 Å². The summed E-state index contributed by atoms with van der Waals surface area (Å²) in [6.07, 6.45) is 0. The van der Waals surface area contributed by atoms with Crippen molar-refractivity contribution >= 4 is 54.2 Å². The Labute approximate surface area is 169 Å². The van der Waals surface area contributed by atoms with Crippen LogP contribution in [0.4, 0.5) is 0 Å². The predicted octanol–water partition coefficient (Wildman–Crippen LogP) is 3.71. The van der Waals surface area contributed by atoms with Crippen LogP contribution in [0.1, 0.15) is 16.1 Å². The van der Waals surface area contributed by atoms with Gasteiger partial charge in [0.05, 0.1) is 3.79 Å². The first-order valence-corrected chi connectivity index (χ1v) is 11.5. The summed E-state index contributed by atoms with van der Waals surface area (Å²) in [6, 6.07) is 10.9. The molecule has 0 bridgehead atoms. The molecule has 0 unspecified atom stereocenters. The normalized spacial score (nSPS) is 16.1. The van der Waals surface area contributed by atoms with Gasteiger partial charge in [-0.15, -0.1) is 11.3 Å². The van der Waals surface area contributed by atoms with Crippen molar-refractivity contribution in [1.82, 2.24) is 9.21 Å². The quantitative estimate of drug-likeness (QED) is 0.587. The Morgan fingerprint density at radius 1 is 1.11 bits per heavy atom. The summed E-state index contributed by atoms with van der Waals surface area (Å²) in [5.74, 6) is 0.134. The number of aryl methyl sites for hydroxylation is 1. The van der Waals surface area contributed by atoms with E-state index >= 15 is 0 Å². The summed E-state index contributed by atoms with van der Waals surface area (Å²) < 4.78 is 33.7. The zero-order chi connectivity index (χ0) is 19.2. The van der Waals surface area contributed by atoms with Crippen molar-refractivity contribution in [3.05, 3.63) is 51.5 Å². The zero-order valence-electron chi connectivity index (χ0n) is 14.5. The van der Waals surface area contributed by atoms with E-state index in [0.717, 1.165) is 14.7 Å². The lowest BCUT2D eigenvalue weighted by Gasteiger charge is -2.33. The highest BCUT2D eigenvalue weighted by Crippen LogP contribution is 2.30. The molecule has 6 nitrogen and oxygen atoms in total. The summed E-state index contributed by atoms with van der Waals surface area (Å²) in [6.45, 7) is 3.07. The zero-order valence-corrected chi connectivity index (χ0v) is 17.7. The number of nitrogens with zero attached hydrogens (tertiary/aromatic N) is 2. The van der Waals surface area contributed by atoms with Crippen LogP contribution in [0.25, 0.3) is 11.0 Å². The molecule has 0 spiro atoms. The summed E-state index contributed by atoms with van der Waals surface area (Å²) in [5.41, 5.74) is 1.50. The van der Waals surface area contributed by atoms with Gasteiger partial charge in [0.15, 0.2) is 5.76 Å². The van der Waals surface area contributed by atoms with E-state index < -0.39 is 10.0 Å². The average molecular weight is 469 g/mol. The highest BCUT2D eigenvalue weighted by atomic mass is 79.9. The second-order valence-corrected chi connectivity index (χ2v) is 10.9. The molecule has 1 amide bonds. The van der Waals surface area contributed by atoms with Crippen molar-refractivity contribution in [2.45, 2.75) is 11.1 Å². The van der Waals surface area contributed by atoms with E-state index in [1.165, 1.54) is 15.6 Å². The van der Waals surface area contributed by atoms with Gasteiger partial charge in [-0.2, -0.15) is 4.31 Å². The monoisotopic (exact) mass is 468 g/mol. The van der Waals surface area contributed by atoms with Gasteiger partial charge in [-0.05, 0) is 41.1 Å². The first-order chi connectivity index (χ1) is 12.9. The third-order valence-corrected chi connectivity index (χ3v) is 8.70. The van der Waals surface area contributed by atoms with Crippen LogP contribution in [-0.2, 0) is 10.0 Å². The maximum Gasteiger partial charge on any atom is 0.289 e. The van der Waals surface area contributed by atoms with Crippen LogP contribution in [0.2, 0.25) is 0 Å². The SMILES string of the molecule is Cc1c(C(=O)N2CCN(S(=O)(=O)c3ccc(Br)s3)CC2)oc2ccccc12. The Morgan fingerprint density at radius 2 is 1.81 bits per heavy atom. The highest BCUT2D eigenvalue weighted by molar-refractivity contribution is 9.11. The van der Waals surface area contributed by atoms with Crippen LogP contribution in [0.3, 0.4) is 0 Å².